The van der Waals surface area contributed by atoms with Crippen molar-refractivity contribution in [2.75, 3.05) is 40.5 Å². The quantitative estimate of drug-likeness (QED) is 0.507. The molecular formula is C28H30N2O6. The van der Waals surface area contributed by atoms with Crippen molar-refractivity contribution in [3.05, 3.63) is 69.4 Å². The number of ether oxygens (including phenoxy) is 5. The minimum Gasteiger partial charge on any atom is -0.493 e. The lowest BCUT2D eigenvalue weighted by Gasteiger charge is -2.19. The lowest BCUT2D eigenvalue weighted by molar-refractivity contribution is 0.174. The highest BCUT2D eigenvalue weighted by Gasteiger charge is 2.28. The average Bonchev–Trinajstić information content (AvgIpc) is 3.24. The van der Waals surface area contributed by atoms with E-state index >= 15 is 0 Å². The van der Waals surface area contributed by atoms with E-state index < -0.39 is 0 Å². The molecular weight excluding hydrogens is 460 g/mol. The number of benzene rings is 2. The summed E-state index contributed by atoms with van der Waals surface area (Å²) in [6, 6.07) is 13.3. The molecule has 36 heavy (non-hydrogen) atoms. The third kappa shape index (κ3) is 4.18. The molecule has 0 bridgehead atoms. The largest absolute Gasteiger partial charge is 0.493 e. The first-order valence-electron chi connectivity index (χ1n) is 11.9. The summed E-state index contributed by atoms with van der Waals surface area (Å²) < 4.78 is 28.0. The van der Waals surface area contributed by atoms with E-state index in [-0.39, 0.29) is 18.3 Å². The van der Waals surface area contributed by atoms with Crippen LogP contribution in [0.15, 0.2) is 47.3 Å². The van der Waals surface area contributed by atoms with Crippen molar-refractivity contribution < 1.29 is 23.7 Å². The zero-order valence-electron chi connectivity index (χ0n) is 20.9. The zero-order chi connectivity index (χ0) is 25.2. The summed E-state index contributed by atoms with van der Waals surface area (Å²) in [5.41, 5.74) is 5.26. The number of fused-ring (bicyclic) bond motifs is 4. The van der Waals surface area contributed by atoms with Crippen molar-refractivity contribution in [2.24, 2.45) is 0 Å². The predicted octanol–water partition coefficient (Wildman–Crippen LogP) is 4.29. The number of nitrogens with one attached hydrogen (secondary N) is 2. The molecule has 0 saturated carbocycles. The van der Waals surface area contributed by atoms with E-state index in [1.165, 1.54) is 0 Å². The number of rotatable bonds is 7. The number of anilines is 1. The first kappa shape index (κ1) is 23.8. The highest BCUT2D eigenvalue weighted by Crippen LogP contribution is 2.50. The van der Waals surface area contributed by atoms with Crippen molar-refractivity contribution in [1.29, 1.82) is 0 Å². The molecule has 1 aliphatic heterocycles. The van der Waals surface area contributed by atoms with Crippen LogP contribution in [0.2, 0.25) is 0 Å². The molecule has 1 atom stereocenters. The van der Waals surface area contributed by atoms with Crippen molar-refractivity contribution in [3.8, 4) is 39.9 Å². The summed E-state index contributed by atoms with van der Waals surface area (Å²) in [7, 11) is 6.75. The van der Waals surface area contributed by atoms with Gasteiger partial charge in [0.15, 0.2) is 23.0 Å². The van der Waals surface area contributed by atoms with Gasteiger partial charge in [-0.1, -0.05) is 12.1 Å². The fourth-order valence-electron chi connectivity index (χ4n) is 5.01. The number of hydrogen-bond acceptors (Lipinski definition) is 8. The van der Waals surface area contributed by atoms with E-state index in [0.717, 1.165) is 46.4 Å². The Morgan fingerprint density at radius 3 is 2.50 bits per heavy atom. The summed E-state index contributed by atoms with van der Waals surface area (Å²) in [5, 5.41) is 6.68. The van der Waals surface area contributed by atoms with Gasteiger partial charge in [0.1, 0.15) is 0 Å². The number of methoxy groups -OCH3 is 3. The van der Waals surface area contributed by atoms with E-state index in [1.54, 1.807) is 27.4 Å². The predicted molar refractivity (Wildman–Crippen MR) is 138 cm³/mol. The van der Waals surface area contributed by atoms with Gasteiger partial charge in [-0.15, -0.1) is 0 Å². The van der Waals surface area contributed by atoms with Gasteiger partial charge in [-0.2, -0.15) is 0 Å². The maximum atomic E-state index is 13.4. The minimum atomic E-state index is -0.0832. The van der Waals surface area contributed by atoms with Crippen LogP contribution in [-0.2, 0) is 13.0 Å². The molecule has 2 N–H and O–H groups in total. The molecule has 0 amide bonds. The zero-order valence-corrected chi connectivity index (χ0v) is 20.9. The third-order valence-electron chi connectivity index (χ3n) is 6.81. The van der Waals surface area contributed by atoms with Crippen molar-refractivity contribution in [2.45, 2.75) is 25.4 Å². The Labute approximate surface area is 210 Å². The van der Waals surface area contributed by atoms with Gasteiger partial charge in [0.25, 0.3) is 0 Å². The molecule has 188 valence electrons. The molecule has 0 spiro atoms. The Kier molecular flexibility index (Phi) is 6.61. The molecule has 0 radical (unpaired) electrons. The molecule has 1 heterocycles. The van der Waals surface area contributed by atoms with Crippen LogP contribution in [0.5, 0.6) is 28.7 Å². The van der Waals surface area contributed by atoms with E-state index in [9.17, 15) is 4.79 Å². The molecule has 3 aromatic rings. The highest BCUT2D eigenvalue weighted by molar-refractivity contribution is 5.83. The van der Waals surface area contributed by atoms with Crippen molar-refractivity contribution in [1.82, 2.24) is 5.32 Å². The van der Waals surface area contributed by atoms with E-state index in [0.29, 0.717) is 35.2 Å². The van der Waals surface area contributed by atoms with Crippen LogP contribution in [0.1, 0.15) is 29.2 Å². The smallest absolute Gasteiger partial charge is 0.231 e. The van der Waals surface area contributed by atoms with Crippen LogP contribution in [0.25, 0.3) is 11.1 Å². The van der Waals surface area contributed by atoms with Crippen molar-refractivity contribution in [3.63, 3.8) is 0 Å². The first-order chi connectivity index (χ1) is 17.6. The summed E-state index contributed by atoms with van der Waals surface area (Å²) in [6.45, 7) is 0.701. The second-order valence-electron chi connectivity index (χ2n) is 8.73. The maximum absolute atomic E-state index is 13.4. The summed E-state index contributed by atoms with van der Waals surface area (Å²) in [6.07, 6.45) is 1.61. The van der Waals surface area contributed by atoms with Gasteiger partial charge in [0.05, 0.1) is 27.0 Å². The van der Waals surface area contributed by atoms with Crippen LogP contribution in [0.3, 0.4) is 0 Å². The van der Waals surface area contributed by atoms with Gasteiger partial charge in [0.2, 0.25) is 18.0 Å². The van der Waals surface area contributed by atoms with Gasteiger partial charge in [0, 0.05) is 18.2 Å². The Balaban J connectivity index is 1.59. The Bertz CT molecular complexity index is 1360. The molecule has 0 fully saturated rings. The second-order valence-corrected chi connectivity index (χ2v) is 8.73. The standard InChI is InChI=1S/C28H30N2O6/c1-29-20-8-6-17-12-25(32-2)27(33-3)28(34-4)26(17)18-7-9-21(22(31)13-19(18)20)30-14-16-5-10-23-24(11-16)36-15-35-23/h5,7,9-13,20,29H,6,8,14-15H2,1-4H3,(H,30,31)/t20-/m0/s1. The van der Waals surface area contributed by atoms with E-state index in [1.807, 2.05) is 43.4 Å². The lowest BCUT2D eigenvalue weighted by Crippen LogP contribution is -2.18. The SMILES string of the molecule is CN[C@H]1CCc2cc(OC)c(OC)c(OC)c2-c2ccc(NCc3ccc4c(c3)OCO4)c(=O)cc21. The maximum Gasteiger partial charge on any atom is 0.231 e. The molecule has 8 heteroatoms. The second kappa shape index (κ2) is 9.99. The molecule has 8 nitrogen and oxygen atoms in total. The van der Waals surface area contributed by atoms with Crippen LogP contribution < -0.4 is 39.7 Å². The Morgan fingerprint density at radius 1 is 0.944 bits per heavy atom. The van der Waals surface area contributed by atoms with Crippen LogP contribution >= 0.6 is 0 Å². The fourth-order valence-corrected chi connectivity index (χ4v) is 5.01. The Morgan fingerprint density at radius 2 is 1.75 bits per heavy atom. The van der Waals surface area contributed by atoms with Crippen LogP contribution in [0.4, 0.5) is 5.69 Å². The first-order valence-corrected chi connectivity index (χ1v) is 11.9. The van der Waals surface area contributed by atoms with Crippen LogP contribution in [-0.4, -0.2) is 35.2 Å². The number of aryl methyl sites for hydroxylation is 1. The summed E-state index contributed by atoms with van der Waals surface area (Å²) in [5.74, 6) is 3.19. The topological polar surface area (TPSA) is 87.3 Å². The van der Waals surface area contributed by atoms with Gasteiger partial charge >= 0.3 is 0 Å². The lowest BCUT2D eigenvalue weighted by atomic mass is 9.95. The number of hydrogen-bond donors (Lipinski definition) is 2. The van der Waals surface area contributed by atoms with Crippen LogP contribution in [0, 0.1) is 0 Å². The monoisotopic (exact) mass is 490 g/mol. The van der Waals surface area contributed by atoms with E-state index in [2.05, 4.69) is 10.6 Å². The highest BCUT2D eigenvalue weighted by atomic mass is 16.7. The average molecular weight is 491 g/mol. The van der Waals surface area contributed by atoms with Gasteiger partial charge in [-0.05, 0) is 72.5 Å². The third-order valence-corrected chi connectivity index (χ3v) is 6.81. The molecule has 2 aliphatic rings. The van der Waals surface area contributed by atoms with E-state index in [4.69, 9.17) is 23.7 Å². The normalized spacial score (nSPS) is 15.4. The van der Waals surface area contributed by atoms with Crippen molar-refractivity contribution >= 4 is 5.69 Å². The molecule has 3 aromatic carbocycles. The van der Waals surface area contributed by atoms with Gasteiger partial charge in [-0.3, -0.25) is 4.79 Å². The summed E-state index contributed by atoms with van der Waals surface area (Å²) in [4.78, 5) is 13.4. The molecule has 0 saturated heterocycles. The molecule has 0 unspecified atom stereocenters. The molecule has 1 aliphatic carbocycles. The molecule has 0 aromatic heterocycles. The van der Waals surface area contributed by atoms with Gasteiger partial charge < -0.3 is 34.3 Å². The Hall–Kier alpha value is -3.91. The molecule has 5 rings (SSSR count). The minimum absolute atomic E-state index is 0.00379. The van der Waals surface area contributed by atoms with Gasteiger partial charge in [-0.25, -0.2) is 0 Å². The summed E-state index contributed by atoms with van der Waals surface area (Å²) >= 11 is 0. The fraction of sp³-hybridized carbons (Fsp3) is 0.321.